The highest BCUT2D eigenvalue weighted by Crippen LogP contribution is 2.20. The van der Waals surface area contributed by atoms with E-state index in [0.29, 0.717) is 17.9 Å². The zero-order valence-corrected chi connectivity index (χ0v) is 11.9. The number of ether oxygens (including phenoxy) is 1. The standard InChI is InChI=1S/C15H24N2O2/c1-3-5-6-9-17-14-8-7-12(16)11-13(14)15(18)19-10-4-2/h7-8,11,17H,3-6,9-10,16H2,1-2H3. The van der Waals surface area contributed by atoms with Gasteiger partial charge in [-0.15, -0.1) is 0 Å². The minimum Gasteiger partial charge on any atom is -0.462 e. The first kappa shape index (κ1) is 15.3. The molecule has 1 aromatic rings. The number of carbonyl (C=O) groups excluding carboxylic acids is 1. The molecular formula is C15H24N2O2. The smallest absolute Gasteiger partial charge is 0.340 e. The van der Waals surface area contributed by atoms with Gasteiger partial charge >= 0.3 is 5.97 Å². The Hall–Kier alpha value is -1.71. The van der Waals surface area contributed by atoms with Crippen molar-refractivity contribution in [2.45, 2.75) is 39.5 Å². The van der Waals surface area contributed by atoms with E-state index in [1.165, 1.54) is 12.8 Å². The van der Waals surface area contributed by atoms with Crippen LogP contribution in [0.25, 0.3) is 0 Å². The van der Waals surface area contributed by atoms with Gasteiger partial charge in [0.2, 0.25) is 0 Å². The van der Waals surface area contributed by atoms with Gasteiger partial charge in [-0.1, -0.05) is 26.7 Å². The van der Waals surface area contributed by atoms with Crippen molar-refractivity contribution in [3.8, 4) is 0 Å². The number of nitrogens with one attached hydrogen (secondary N) is 1. The van der Waals surface area contributed by atoms with Crippen LogP contribution in [0.15, 0.2) is 18.2 Å². The fourth-order valence-corrected chi connectivity index (χ4v) is 1.76. The highest BCUT2D eigenvalue weighted by atomic mass is 16.5. The van der Waals surface area contributed by atoms with Crippen LogP contribution in [0.2, 0.25) is 0 Å². The van der Waals surface area contributed by atoms with Gasteiger partial charge in [-0.25, -0.2) is 4.79 Å². The lowest BCUT2D eigenvalue weighted by Gasteiger charge is -2.12. The molecule has 0 aliphatic rings. The summed E-state index contributed by atoms with van der Waals surface area (Å²) in [7, 11) is 0. The van der Waals surface area contributed by atoms with Crippen molar-refractivity contribution in [2.75, 3.05) is 24.2 Å². The quantitative estimate of drug-likeness (QED) is 0.429. The van der Waals surface area contributed by atoms with E-state index >= 15 is 0 Å². The van der Waals surface area contributed by atoms with Crippen LogP contribution in [0.4, 0.5) is 11.4 Å². The molecule has 4 heteroatoms. The number of esters is 1. The Labute approximate surface area is 115 Å². The number of benzene rings is 1. The molecule has 0 unspecified atom stereocenters. The van der Waals surface area contributed by atoms with E-state index in [0.717, 1.165) is 25.1 Å². The van der Waals surface area contributed by atoms with Crippen molar-refractivity contribution in [1.29, 1.82) is 0 Å². The van der Waals surface area contributed by atoms with E-state index in [-0.39, 0.29) is 5.97 Å². The monoisotopic (exact) mass is 264 g/mol. The van der Waals surface area contributed by atoms with Gasteiger partial charge in [0.1, 0.15) is 0 Å². The molecule has 0 aromatic heterocycles. The predicted octanol–water partition coefficient (Wildman–Crippen LogP) is 3.44. The molecule has 1 rings (SSSR count). The summed E-state index contributed by atoms with van der Waals surface area (Å²) in [5.74, 6) is -0.313. The number of rotatable bonds is 8. The number of hydrogen-bond donors (Lipinski definition) is 2. The molecule has 3 N–H and O–H groups in total. The van der Waals surface area contributed by atoms with E-state index in [1.54, 1.807) is 12.1 Å². The Kier molecular flexibility index (Phi) is 6.79. The summed E-state index contributed by atoms with van der Waals surface area (Å²) in [5.41, 5.74) is 7.62. The highest BCUT2D eigenvalue weighted by Gasteiger charge is 2.12. The molecule has 0 saturated carbocycles. The summed E-state index contributed by atoms with van der Waals surface area (Å²) < 4.78 is 5.17. The normalized spacial score (nSPS) is 10.2. The molecule has 0 aliphatic carbocycles. The maximum Gasteiger partial charge on any atom is 0.340 e. The first-order valence-corrected chi connectivity index (χ1v) is 6.99. The predicted molar refractivity (Wildman–Crippen MR) is 79.4 cm³/mol. The van der Waals surface area contributed by atoms with Crippen molar-refractivity contribution in [3.05, 3.63) is 23.8 Å². The van der Waals surface area contributed by atoms with Crippen LogP contribution in [0, 0.1) is 0 Å². The van der Waals surface area contributed by atoms with Crippen molar-refractivity contribution in [1.82, 2.24) is 0 Å². The number of nitrogens with two attached hydrogens (primary N) is 1. The fraction of sp³-hybridized carbons (Fsp3) is 0.533. The van der Waals surface area contributed by atoms with Crippen LogP contribution in [-0.4, -0.2) is 19.1 Å². The Morgan fingerprint density at radius 3 is 2.74 bits per heavy atom. The molecule has 0 bridgehead atoms. The largest absolute Gasteiger partial charge is 0.462 e. The molecule has 0 saturated heterocycles. The van der Waals surface area contributed by atoms with E-state index in [2.05, 4.69) is 12.2 Å². The molecule has 0 spiro atoms. The Bertz CT molecular complexity index is 405. The first-order chi connectivity index (χ1) is 9.19. The van der Waals surface area contributed by atoms with Gasteiger partial charge in [-0.05, 0) is 31.0 Å². The molecule has 1 aromatic carbocycles. The lowest BCUT2D eigenvalue weighted by Crippen LogP contribution is -2.11. The van der Waals surface area contributed by atoms with Crippen molar-refractivity contribution in [3.63, 3.8) is 0 Å². The summed E-state index contributed by atoms with van der Waals surface area (Å²) in [6.45, 7) is 5.42. The molecule has 0 fully saturated rings. The van der Waals surface area contributed by atoms with E-state index in [4.69, 9.17) is 10.5 Å². The summed E-state index contributed by atoms with van der Waals surface area (Å²) in [6, 6.07) is 5.29. The third kappa shape index (κ3) is 5.20. The van der Waals surface area contributed by atoms with Crippen LogP contribution in [0.3, 0.4) is 0 Å². The summed E-state index contributed by atoms with van der Waals surface area (Å²) >= 11 is 0. The zero-order chi connectivity index (χ0) is 14.1. The van der Waals surface area contributed by atoms with Gasteiger partial charge in [-0.2, -0.15) is 0 Å². The zero-order valence-electron chi connectivity index (χ0n) is 11.9. The second-order valence-electron chi connectivity index (χ2n) is 4.57. The number of carbonyl (C=O) groups is 1. The van der Waals surface area contributed by atoms with Crippen LogP contribution in [0.1, 0.15) is 49.9 Å². The summed E-state index contributed by atoms with van der Waals surface area (Å²) in [5, 5.41) is 3.28. The lowest BCUT2D eigenvalue weighted by molar-refractivity contribution is 0.0506. The molecule has 106 valence electrons. The maximum absolute atomic E-state index is 11.9. The number of nitrogen functional groups attached to an aromatic ring is 1. The van der Waals surface area contributed by atoms with Gasteiger partial charge < -0.3 is 15.8 Å². The number of unbranched alkanes of at least 4 members (excludes halogenated alkanes) is 2. The fourth-order valence-electron chi connectivity index (χ4n) is 1.76. The maximum atomic E-state index is 11.9. The van der Waals surface area contributed by atoms with Gasteiger partial charge in [0, 0.05) is 17.9 Å². The second-order valence-corrected chi connectivity index (χ2v) is 4.57. The number of hydrogen-bond acceptors (Lipinski definition) is 4. The minimum absolute atomic E-state index is 0.313. The third-order valence-corrected chi connectivity index (χ3v) is 2.80. The van der Waals surface area contributed by atoms with Crippen LogP contribution in [0.5, 0.6) is 0 Å². The average molecular weight is 264 g/mol. The highest BCUT2D eigenvalue weighted by molar-refractivity contribution is 5.96. The lowest BCUT2D eigenvalue weighted by atomic mass is 10.1. The molecular weight excluding hydrogens is 240 g/mol. The Balaban J connectivity index is 2.70. The van der Waals surface area contributed by atoms with Gasteiger partial charge in [0.05, 0.1) is 12.2 Å². The first-order valence-electron chi connectivity index (χ1n) is 6.99. The molecule has 0 radical (unpaired) electrons. The van der Waals surface area contributed by atoms with E-state index in [1.807, 2.05) is 13.0 Å². The van der Waals surface area contributed by atoms with Crippen LogP contribution >= 0.6 is 0 Å². The van der Waals surface area contributed by atoms with Gasteiger partial charge in [-0.3, -0.25) is 0 Å². The van der Waals surface area contributed by atoms with Crippen LogP contribution < -0.4 is 11.1 Å². The van der Waals surface area contributed by atoms with Crippen LogP contribution in [-0.2, 0) is 4.74 Å². The average Bonchev–Trinajstić information content (AvgIpc) is 2.42. The molecule has 0 aliphatic heterocycles. The molecule has 0 heterocycles. The third-order valence-electron chi connectivity index (χ3n) is 2.80. The summed E-state index contributed by atoms with van der Waals surface area (Å²) in [4.78, 5) is 11.9. The van der Waals surface area contributed by atoms with Crippen molar-refractivity contribution >= 4 is 17.3 Å². The SMILES string of the molecule is CCCCCNc1ccc(N)cc1C(=O)OCCC. The van der Waals surface area contributed by atoms with Gasteiger partial charge in [0.15, 0.2) is 0 Å². The molecule has 0 atom stereocenters. The second kappa shape index (κ2) is 8.40. The van der Waals surface area contributed by atoms with Crippen molar-refractivity contribution in [2.24, 2.45) is 0 Å². The van der Waals surface area contributed by atoms with E-state index in [9.17, 15) is 4.79 Å². The topological polar surface area (TPSA) is 64.3 Å². The molecule has 0 amide bonds. The minimum atomic E-state index is -0.313. The van der Waals surface area contributed by atoms with Crippen molar-refractivity contribution < 1.29 is 9.53 Å². The molecule has 4 nitrogen and oxygen atoms in total. The Morgan fingerprint density at radius 2 is 2.05 bits per heavy atom. The van der Waals surface area contributed by atoms with E-state index < -0.39 is 0 Å². The Morgan fingerprint density at radius 1 is 1.26 bits per heavy atom. The number of anilines is 2. The van der Waals surface area contributed by atoms with Gasteiger partial charge in [0.25, 0.3) is 0 Å². The molecule has 19 heavy (non-hydrogen) atoms. The summed E-state index contributed by atoms with van der Waals surface area (Å²) in [6.07, 6.45) is 4.25.